The fraction of sp³-hybridized carbons (Fsp3) is 0.304. The molecule has 1 fully saturated rings. The largest absolute Gasteiger partial charge is 0.331 e. The minimum absolute atomic E-state index is 0.0722. The fourth-order valence-electron chi connectivity index (χ4n) is 3.42. The van der Waals surface area contributed by atoms with Crippen molar-refractivity contribution in [2.45, 2.75) is 32.9 Å². The van der Waals surface area contributed by atoms with Gasteiger partial charge in [0.2, 0.25) is 0 Å². The van der Waals surface area contributed by atoms with E-state index in [9.17, 15) is 9.18 Å². The van der Waals surface area contributed by atoms with Gasteiger partial charge < -0.3 is 9.47 Å². The van der Waals surface area contributed by atoms with Crippen molar-refractivity contribution in [1.82, 2.24) is 14.5 Å². The monoisotopic (exact) mass is 377 g/mol. The number of benzene rings is 2. The van der Waals surface area contributed by atoms with Crippen LogP contribution in [0.25, 0.3) is 0 Å². The molecule has 3 aromatic rings. The van der Waals surface area contributed by atoms with Gasteiger partial charge in [-0.15, -0.1) is 0 Å². The van der Waals surface area contributed by atoms with E-state index in [2.05, 4.69) is 40.7 Å². The lowest BCUT2D eigenvalue weighted by molar-refractivity contribution is 0.0728. The summed E-state index contributed by atoms with van der Waals surface area (Å²) < 4.78 is 15.3. The predicted molar refractivity (Wildman–Crippen MR) is 106 cm³/mol. The van der Waals surface area contributed by atoms with Crippen molar-refractivity contribution in [3.05, 3.63) is 89.3 Å². The normalized spacial score (nSPS) is 13.5. The molecule has 1 saturated carbocycles. The lowest BCUT2D eigenvalue weighted by Gasteiger charge is -2.23. The number of aryl methyl sites for hydroxylation is 1. The Labute approximate surface area is 164 Å². The summed E-state index contributed by atoms with van der Waals surface area (Å²) in [6, 6.07) is 14.2. The van der Waals surface area contributed by atoms with Crippen molar-refractivity contribution in [2.75, 3.05) is 6.54 Å². The molecule has 144 valence electrons. The highest BCUT2D eigenvalue weighted by Crippen LogP contribution is 2.30. The average Bonchev–Trinajstić information content (AvgIpc) is 3.40. The number of hydrogen-bond acceptors (Lipinski definition) is 2. The summed E-state index contributed by atoms with van der Waals surface area (Å²) in [7, 11) is 0. The molecule has 0 spiro atoms. The molecule has 0 bridgehead atoms. The fourth-order valence-corrected chi connectivity index (χ4v) is 3.42. The van der Waals surface area contributed by atoms with Crippen molar-refractivity contribution >= 4 is 5.91 Å². The maximum absolute atomic E-state index is 13.2. The molecule has 1 heterocycles. The second-order valence-corrected chi connectivity index (χ2v) is 7.60. The van der Waals surface area contributed by atoms with Gasteiger partial charge in [-0.25, -0.2) is 9.37 Å². The summed E-state index contributed by atoms with van der Waals surface area (Å²) in [6.07, 6.45) is 6.05. The summed E-state index contributed by atoms with van der Waals surface area (Å²) >= 11 is 0. The molecule has 1 aromatic heterocycles. The molecule has 2 aromatic carbocycles. The highest BCUT2D eigenvalue weighted by Gasteiger charge is 2.28. The summed E-state index contributed by atoms with van der Waals surface area (Å²) in [5, 5.41) is 0. The van der Waals surface area contributed by atoms with Crippen LogP contribution in [0.4, 0.5) is 4.39 Å². The summed E-state index contributed by atoms with van der Waals surface area (Å²) in [5.41, 5.74) is 2.94. The van der Waals surface area contributed by atoms with Crippen LogP contribution in [0.5, 0.6) is 0 Å². The quantitative estimate of drug-likeness (QED) is 0.611. The Morgan fingerprint density at radius 3 is 2.71 bits per heavy atom. The molecule has 1 amide bonds. The van der Waals surface area contributed by atoms with Crippen LogP contribution in [0.15, 0.2) is 60.9 Å². The van der Waals surface area contributed by atoms with E-state index in [1.54, 1.807) is 18.3 Å². The molecule has 0 saturated heterocycles. The summed E-state index contributed by atoms with van der Waals surface area (Å²) in [6.45, 7) is 3.97. The third-order valence-electron chi connectivity index (χ3n) is 5.12. The Morgan fingerprint density at radius 2 is 2.00 bits per heavy atom. The summed E-state index contributed by atoms with van der Waals surface area (Å²) in [4.78, 5) is 19.4. The number of carbonyl (C=O) groups excluding carboxylic acids is 1. The summed E-state index contributed by atoms with van der Waals surface area (Å²) in [5.74, 6) is 1.01. The number of hydrogen-bond donors (Lipinski definition) is 0. The first-order valence-electron chi connectivity index (χ1n) is 9.69. The molecule has 4 rings (SSSR count). The third-order valence-corrected chi connectivity index (χ3v) is 5.12. The van der Waals surface area contributed by atoms with Crippen molar-refractivity contribution < 1.29 is 9.18 Å². The Bertz CT molecular complexity index is 960. The highest BCUT2D eigenvalue weighted by molar-refractivity contribution is 5.94. The molecule has 0 N–H and O–H groups in total. The van der Waals surface area contributed by atoms with Crippen LogP contribution in [0.3, 0.4) is 0 Å². The number of carbonyl (C=O) groups is 1. The predicted octanol–water partition coefficient (Wildman–Crippen LogP) is 4.43. The lowest BCUT2D eigenvalue weighted by atomic mass is 10.1. The zero-order valence-electron chi connectivity index (χ0n) is 16.0. The maximum atomic E-state index is 13.2. The zero-order chi connectivity index (χ0) is 19.5. The molecule has 28 heavy (non-hydrogen) atoms. The van der Waals surface area contributed by atoms with Gasteiger partial charge in [0, 0.05) is 31.0 Å². The topological polar surface area (TPSA) is 38.1 Å². The SMILES string of the molecule is Cc1cccc(Cn2ccnc2CN(CC2CC2)C(=O)c2ccc(F)cc2)c1. The molecule has 0 radical (unpaired) electrons. The van der Waals surface area contributed by atoms with Crippen LogP contribution >= 0.6 is 0 Å². The molecular weight excluding hydrogens is 353 g/mol. The smallest absolute Gasteiger partial charge is 0.254 e. The Hall–Kier alpha value is -2.95. The molecule has 0 unspecified atom stereocenters. The van der Waals surface area contributed by atoms with Gasteiger partial charge in [-0.05, 0) is 55.5 Å². The van der Waals surface area contributed by atoms with Gasteiger partial charge in [-0.3, -0.25) is 4.79 Å². The molecule has 1 aliphatic rings. The van der Waals surface area contributed by atoms with Gasteiger partial charge in [0.15, 0.2) is 0 Å². The van der Waals surface area contributed by atoms with E-state index < -0.39 is 0 Å². The third kappa shape index (κ3) is 4.47. The van der Waals surface area contributed by atoms with Gasteiger partial charge >= 0.3 is 0 Å². The van der Waals surface area contributed by atoms with Crippen molar-refractivity contribution in [3.63, 3.8) is 0 Å². The van der Waals surface area contributed by atoms with Gasteiger partial charge in [0.05, 0.1) is 6.54 Å². The second-order valence-electron chi connectivity index (χ2n) is 7.60. The van der Waals surface area contributed by atoms with Crippen molar-refractivity contribution in [3.8, 4) is 0 Å². The van der Waals surface area contributed by atoms with Crippen LogP contribution in [-0.4, -0.2) is 26.9 Å². The molecule has 5 heteroatoms. The van der Waals surface area contributed by atoms with Crippen LogP contribution in [0.2, 0.25) is 0 Å². The molecular formula is C23H24FN3O. The first-order valence-corrected chi connectivity index (χ1v) is 9.69. The Morgan fingerprint density at radius 1 is 1.21 bits per heavy atom. The van der Waals surface area contributed by atoms with Gasteiger partial charge in [0.25, 0.3) is 5.91 Å². The van der Waals surface area contributed by atoms with E-state index >= 15 is 0 Å². The number of amides is 1. The van der Waals surface area contributed by atoms with E-state index in [0.717, 1.165) is 25.2 Å². The van der Waals surface area contributed by atoms with E-state index in [1.165, 1.54) is 23.3 Å². The first-order chi connectivity index (χ1) is 13.6. The highest BCUT2D eigenvalue weighted by atomic mass is 19.1. The maximum Gasteiger partial charge on any atom is 0.254 e. The zero-order valence-corrected chi connectivity index (χ0v) is 16.0. The standard InChI is InChI=1S/C23H24FN3O/c1-17-3-2-4-19(13-17)15-26-12-11-25-22(26)16-27(14-18-5-6-18)23(28)20-7-9-21(24)10-8-20/h2-4,7-13,18H,5-6,14-16H2,1H3. The van der Waals surface area contributed by atoms with Gasteiger partial charge in [0.1, 0.15) is 11.6 Å². The number of rotatable bonds is 7. The van der Waals surface area contributed by atoms with Crippen LogP contribution in [0.1, 0.15) is 40.2 Å². The van der Waals surface area contributed by atoms with Crippen LogP contribution in [-0.2, 0) is 13.1 Å². The number of imidazole rings is 1. The van der Waals surface area contributed by atoms with Gasteiger partial charge in [-0.1, -0.05) is 29.8 Å². The van der Waals surface area contributed by atoms with Crippen molar-refractivity contribution in [2.24, 2.45) is 5.92 Å². The molecule has 0 aliphatic heterocycles. The lowest BCUT2D eigenvalue weighted by Crippen LogP contribution is -2.33. The Balaban J connectivity index is 1.53. The molecule has 0 atom stereocenters. The number of aromatic nitrogens is 2. The first kappa shape index (κ1) is 18.4. The molecule has 1 aliphatic carbocycles. The minimum atomic E-state index is -0.334. The number of halogens is 1. The van der Waals surface area contributed by atoms with Crippen molar-refractivity contribution in [1.29, 1.82) is 0 Å². The van der Waals surface area contributed by atoms with E-state index in [4.69, 9.17) is 0 Å². The van der Waals surface area contributed by atoms with Crippen LogP contribution in [0, 0.1) is 18.7 Å². The van der Waals surface area contributed by atoms with E-state index in [-0.39, 0.29) is 11.7 Å². The average molecular weight is 377 g/mol. The molecule has 4 nitrogen and oxygen atoms in total. The van der Waals surface area contributed by atoms with E-state index in [1.807, 2.05) is 11.1 Å². The minimum Gasteiger partial charge on any atom is -0.331 e. The van der Waals surface area contributed by atoms with Gasteiger partial charge in [-0.2, -0.15) is 0 Å². The van der Waals surface area contributed by atoms with Crippen LogP contribution < -0.4 is 0 Å². The number of nitrogens with zero attached hydrogens (tertiary/aromatic N) is 3. The second kappa shape index (κ2) is 7.97. The Kier molecular flexibility index (Phi) is 5.24. The van der Waals surface area contributed by atoms with E-state index in [0.29, 0.717) is 24.6 Å².